The minimum absolute atomic E-state index is 0. The summed E-state index contributed by atoms with van der Waals surface area (Å²) in [5, 5.41) is 3.44. The van der Waals surface area contributed by atoms with E-state index in [1.165, 1.54) is 0 Å². The zero-order valence-electron chi connectivity index (χ0n) is 14.5. The lowest BCUT2D eigenvalue weighted by molar-refractivity contribution is -0.00000744. The smallest absolute Gasteiger partial charge is 0.231 e. The Bertz CT molecular complexity index is 693. The molecule has 1 aliphatic rings. The predicted molar refractivity (Wildman–Crippen MR) is 91.9 cm³/mol. The van der Waals surface area contributed by atoms with Crippen molar-refractivity contribution in [1.29, 1.82) is 0 Å². The molecule has 2 aromatic carbocycles. The first-order valence-corrected chi connectivity index (χ1v) is 8.28. The van der Waals surface area contributed by atoms with Gasteiger partial charge in [-0.1, -0.05) is 12.1 Å². The molecule has 0 aliphatic carbocycles. The van der Waals surface area contributed by atoms with E-state index < -0.39 is 0 Å². The number of rotatable bonds is 8. The molecule has 3 rings (SSSR count). The van der Waals surface area contributed by atoms with Crippen LogP contribution in [0.4, 0.5) is 0 Å². The van der Waals surface area contributed by atoms with Gasteiger partial charge in [0.05, 0.1) is 13.2 Å². The molecule has 136 valence electrons. The molecule has 1 N–H and O–H groups in total. The summed E-state index contributed by atoms with van der Waals surface area (Å²) in [6.07, 6.45) is 0. The Balaban J connectivity index is 0.00000225. The van der Waals surface area contributed by atoms with Gasteiger partial charge in [0.25, 0.3) is 0 Å². The van der Waals surface area contributed by atoms with Crippen molar-refractivity contribution < 1.29 is 31.4 Å². The molecule has 0 fully saturated rings. The van der Waals surface area contributed by atoms with E-state index in [9.17, 15) is 0 Å². The zero-order valence-corrected chi connectivity index (χ0v) is 15.3. The first kappa shape index (κ1) is 19.2. The van der Waals surface area contributed by atoms with E-state index in [0.717, 1.165) is 47.2 Å². The molecule has 6 heteroatoms. The van der Waals surface area contributed by atoms with Crippen LogP contribution in [0.5, 0.6) is 23.0 Å². The third-order valence-corrected chi connectivity index (χ3v) is 3.70. The van der Waals surface area contributed by atoms with E-state index in [0.29, 0.717) is 20.0 Å². The molecular weight excluding hydrogens is 342 g/mol. The SMILES string of the molecule is CCOc1ccc(CNCc2ccc3c(c2)OCO3)cc1OCC.[Cl-]. The molecule has 25 heavy (non-hydrogen) atoms. The molecule has 0 atom stereocenters. The Hall–Kier alpha value is -2.11. The molecule has 1 aliphatic heterocycles. The lowest BCUT2D eigenvalue weighted by Crippen LogP contribution is -3.00. The highest BCUT2D eigenvalue weighted by Crippen LogP contribution is 2.32. The van der Waals surface area contributed by atoms with Gasteiger partial charge >= 0.3 is 0 Å². The monoisotopic (exact) mass is 364 g/mol. The normalized spacial score (nSPS) is 11.8. The second-order valence-electron chi connectivity index (χ2n) is 5.44. The Morgan fingerprint density at radius 1 is 0.840 bits per heavy atom. The fourth-order valence-electron chi connectivity index (χ4n) is 2.61. The molecule has 0 saturated heterocycles. The van der Waals surface area contributed by atoms with Gasteiger partial charge in [0.2, 0.25) is 6.79 Å². The standard InChI is InChI=1S/C19H23NO4.ClH/c1-3-21-16-7-5-14(9-18(16)22-4-2)11-20-12-15-6-8-17-19(10-15)24-13-23-17;/h5-10,20H,3-4,11-13H2,1-2H3;1H/p-1. The van der Waals surface area contributed by atoms with Gasteiger partial charge in [0.15, 0.2) is 23.0 Å². The van der Waals surface area contributed by atoms with E-state index in [1.54, 1.807) is 0 Å². The average Bonchev–Trinajstić information content (AvgIpc) is 3.05. The van der Waals surface area contributed by atoms with Crippen molar-refractivity contribution in [2.75, 3.05) is 20.0 Å². The quantitative estimate of drug-likeness (QED) is 0.739. The van der Waals surface area contributed by atoms with Crippen LogP contribution in [0.2, 0.25) is 0 Å². The molecular formula is C19H23ClNO4-. The molecule has 0 aromatic heterocycles. The van der Waals surface area contributed by atoms with Crippen molar-refractivity contribution in [1.82, 2.24) is 5.32 Å². The fourth-order valence-corrected chi connectivity index (χ4v) is 2.61. The van der Waals surface area contributed by atoms with Crippen molar-refractivity contribution in [3.8, 4) is 23.0 Å². The van der Waals surface area contributed by atoms with Gasteiger partial charge in [-0.2, -0.15) is 0 Å². The maximum absolute atomic E-state index is 5.66. The number of hydrogen-bond acceptors (Lipinski definition) is 5. The number of benzene rings is 2. The maximum atomic E-state index is 5.66. The summed E-state index contributed by atoms with van der Waals surface area (Å²) in [6, 6.07) is 12.1. The van der Waals surface area contributed by atoms with Crippen LogP contribution in [0.3, 0.4) is 0 Å². The Labute approximate surface area is 154 Å². The van der Waals surface area contributed by atoms with Crippen LogP contribution in [0.25, 0.3) is 0 Å². The minimum Gasteiger partial charge on any atom is -1.00 e. The second kappa shape index (κ2) is 9.39. The van der Waals surface area contributed by atoms with Crippen molar-refractivity contribution in [3.05, 3.63) is 47.5 Å². The van der Waals surface area contributed by atoms with Crippen LogP contribution in [0.1, 0.15) is 25.0 Å². The van der Waals surface area contributed by atoms with Crippen molar-refractivity contribution in [2.24, 2.45) is 0 Å². The largest absolute Gasteiger partial charge is 1.00 e. The summed E-state index contributed by atoms with van der Waals surface area (Å²) in [7, 11) is 0. The van der Waals surface area contributed by atoms with E-state index in [2.05, 4.69) is 11.4 Å². The maximum Gasteiger partial charge on any atom is 0.231 e. The van der Waals surface area contributed by atoms with Crippen molar-refractivity contribution in [2.45, 2.75) is 26.9 Å². The third-order valence-electron chi connectivity index (χ3n) is 3.70. The van der Waals surface area contributed by atoms with Gasteiger partial charge in [-0.05, 0) is 49.2 Å². The van der Waals surface area contributed by atoms with Crippen molar-refractivity contribution in [3.63, 3.8) is 0 Å². The molecule has 0 spiro atoms. The highest BCUT2D eigenvalue weighted by atomic mass is 35.5. The van der Waals surface area contributed by atoms with E-state index in [-0.39, 0.29) is 12.4 Å². The van der Waals surface area contributed by atoms with Crippen LogP contribution in [0, 0.1) is 0 Å². The summed E-state index contributed by atoms with van der Waals surface area (Å²) in [6.45, 7) is 7.00. The average molecular weight is 365 g/mol. The zero-order chi connectivity index (χ0) is 16.8. The van der Waals surface area contributed by atoms with Gasteiger partial charge < -0.3 is 36.7 Å². The Morgan fingerprint density at radius 2 is 1.48 bits per heavy atom. The van der Waals surface area contributed by atoms with Gasteiger partial charge in [0.1, 0.15) is 0 Å². The first-order valence-electron chi connectivity index (χ1n) is 8.28. The summed E-state index contributed by atoms with van der Waals surface area (Å²) < 4.78 is 22.0. The number of fused-ring (bicyclic) bond motifs is 1. The van der Waals surface area contributed by atoms with E-state index >= 15 is 0 Å². The number of nitrogens with one attached hydrogen (secondary N) is 1. The van der Waals surface area contributed by atoms with Crippen molar-refractivity contribution >= 4 is 0 Å². The highest BCUT2D eigenvalue weighted by molar-refractivity contribution is 5.45. The van der Waals surface area contributed by atoms with Gasteiger partial charge in [-0.25, -0.2) is 0 Å². The Morgan fingerprint density at radius 3 is 2.24 bits per heavy atom. The lowest BCUT2D eigenvalue weighted by Gasteiger charge is -2.13. The fraction of sp³-hybridized carbons (Fsp3) is 0.368. The first-order chi connectivity index (χ1) is 11.8. The van der Waals surface area contributed by atoms with E-state index in [4.69, 9.17) is 18.9 Å². The Kier molecular flexibility index (Phi) is 7.22. The van der Waals surface area contributed by atoms with Crippen LogP contribution in [-0.4, -0.2) is 20.0 Å². The summed E-state index contributed by atoms with van der Waals surface area (Å²) in [4.78, 5) is 0. The topological polar surface area (TPSA) is 49.0 Å². The molecule has 0 radical (unpaired) electrons. The molecule has 0 saturated carbocycles. The van der Waals surface area contributed by atoms with E-state index in [1.807, 2.05) is 44.2 Å². The van der Waals surface area contributed by atoms with Crippen LogP contribution in [-0.2, 0) is 13.1 Å². The molecule has 0 bridgehead atoms. The summed E-state index contributed by atoms with van der Waals surface area (Å²) in [5.74, 6) is 3.21. The number of ether oxygens (including phenoxy) is 4. The molecule has 0 amide bonds. The van der Waals surface area contributed by atoms with Crippen LogP contribution < -0.4 is 36.7 Å². The van der Waals surface area contributed by atoms with Crippen LogP contribution in [0.15, 0.2) is 36.4 Å². The van der Waals surface area contributed by atoms with Crippen LogP contribution >= 0.6 is 0 Å². The summed E-state index contributed by atoms with van der Waals surface area (Å²) >= 11 is 0. The highest BCUT2D eigenvalue weighted by Gasteiger charge is 2.13. The number of hydrogen-bond donors (Lipinski definition) is 1. The summed E-state index contributed by atoms with van der Waals surface area (Å²) in [5.41, 5.74) is 2.32. The lowest BCUT2D eigenvalue weighted by atomic mass is 10.1. The number of halogens is 1. The van der Waals surface area contributed by atoms with Gasteiger partial charge in [0, 0.05) is 13.1 Å². The third kappa shape index (κ3) is 4.94. The molecule has 0 unspecified atom stereocenters. The molecule has 2 aromatic rings. The minimum atomic E-state index is 0. The predicted octanol–water partition coefficient (Wildman–Crippen LogP) is 0.507. The molecule has 5 nitrogen and oxygen atoms in total. The van der Waals surface area contributed by atoms with Gasteiger partial charge in [-0.15, -0.1) is 0 Å². The molecule has 1 heterocycles. The van der Waals surface area contributed by atoms with Gasteiger partial charge in [-0.3, -0.25) is 0 Å². The second-order valence-corrected chi connectivity index (χ2v) is 5.44.